The van der Waals surface area contributed by atoms with Gasteiger partial charge in [-0.05, 0) is 55.6 Å². The van der Waals surface area contributed by atoms with Crippen molar-refractivity contribution >= 4 is 10.0 Å². The maximum atomic E-state index is 12.7. The smallest absolute Gasteiger partial charge is 0.243 e. The molecule has 2 heterocycles. The molecule has 110 valence electrons. The molecule has 0 bridgehead atoms. The van der Waals surface area contributed by atoms with Crippen LogP contribution in [0.5, 0.6) is 5.75 Å². The van der Waals surface area contributed by atoms with Gasteiger partial charge in [-0.3, -0.25) is 0 Å². The van der Waals surface area contributed by atoms with Crippen LogP contribution in [0.3, 0.4) is 0 Å². The number of hydrogen-bond donors (Lipinski definition) is 1. The predicted octanol–water partition coefficient (Wildman–Crippen LogP) is 0.844. The molecule has 0 aromatic heterocycles. The minimum atomic E-state index is -3.38. The van der Waals surface area contributed by atoms with Gasteiger partial charge < -0.3 is 10.1 Å². The SMILES string of the molecule is COc1ccc(S(=O)(=O)N2C[C@H]3CNC[C@H]3C2)cc1C. The van der Waals surface area contributed by atoms with Gasteiger partial charge in [0.05, 0.1) is 12.0 Å². The highest BCUT2D eigenvalue weighted by Gasteiger charge is 2.41. The molecule has 1 aromatic carbocycles. The summed E-state index contributed by atoms with van der Waals surface area (Å²) in [5.41, 5.74) is 0.842. The van der Waals surface area contributed by atoms with E-state index in [1.54, 1.807) is 29.6 Å². The van der Waals surface area contributed by atoms with E-state index in [2.05, 4.69) is 5.32 Å². The quantitative estimate of drug-likeness (QED) is 0.898. The molecule has 0 saturated carbocycles. The molecule has 2 saturated heterocycles. The van der Waals surface area contributed by atoms with E-state index in [9.17, 15) is 8.42 Å². The Balaban J connectivity index is 1.87. The van der Waals surface area contributed by atoms with Crippen LogP contribution in [0.15, 0.2) is 23.1 Å². The van der Waals surface area contributed by atoms with Gasteiger partial charge in [0.2, 0.25) is 10.0 Å². The van der Waals surface area contributed by atoms with Crippen molar-refractivity contribution in [3.05, 3.63) is 23.8 Å². The van der Waals surface area contributed by atoms with Crippen LogP contribution in [0.1, 0.15) is 5.56 Å². The fourth-order valence-corrected chi connectivity index (χ4v) is 4.81. The highest BCUT2D eigenvalue weighted by atomic mass is 32.2. The van der Waals surface area contributed by atoms with E-state index >= 15 is 0 Å². The Morgan fingerprint density at radius 2 is 1.90 bits per heavy atom. The molecule has 0 unspecified atom stereocenters. The van der Waals surface area contributed by atoms with Crippen molar-refractivity contribution in [2.45, 2.75) is 11.8 Å². The van der Waals surface area contributed by atoms with E-state index in [1.807, 2.05) is 6.92 Å². The molecule has 0 amide bonds. The molecule has 0 aliphatic carbocycles. The highest BCUT2D eigenvalue weighted by Crippen LogP contribution is 2.31. The number of nitrogens with zero attached hydrogens (tertiary/aromatic N) is 1. The first kappa shape index (κ1) is 13.9. The summed E-state index contributed by atoms with van der Waals surface area (Å²) < 4.78 is 32.2. The maximum absolute atomic E-state index is 12.7. The van der Waals surface area contributed by atoms with Crippen molar-refractivity contribution in [1.29, 1.82) is 0 Å². The zero-order valence-electron chi connectivity index (χ0n) is 11.8. The lowest BCUT2D eigenvalue weighted by Crippen LogP contribution is -2.32. The van der Waals surface area contributed by atoms with Crippen molar-refractivity contribution in [1.82, 2.24) is 9.62 Å². The van der Waals surface area contributed by atoms with E-state index in [0.717, 1.165) is 18.7 Å². The second kappa shape index (κ2) is 5.02. The Bertz CT molecular complexity index is 603. The average Bonchev–Trinajstić information content (AvgIpc) is 2.99. The van der Waals surface area contributed by atoms with Gasteiger partial charge in [0, 0.05) is 13.1 Å². The molecule has 20 heavy (non-hydrogen) atoms. The van der Waals surface area contributed by atoms with Crippen LogP contribution >= 0.6 is 0 Å². The summed E-state index contributed by atoms with van der Waals surface area (Å²) in [4.78, 5) is 0.365. The van der Waals surface area contributed by atoms with Crippen LogP contribution < -0.4 is 10.1 Å². The van der Waals surface area contributed by atoms with Gasteiger partial charge in [0.25, 0.3) is 0 Å². The third kappa shape index (κ3) is 2.21. The molecule has 0 radical (unpaired) electrons. The molecule has 2 aliphatic rings. The Hall–Kier alpha value is -1.11. The number of methoxy groups -OCH3 is 1. The lowest BCUT2D eigenvalue weighted by molar-refractivity contribution is 0.411. The zero-order valence-corrected chi connectivity index (χ0v) is 12.6. The van der Waals surface area contributed by atoms with Gasteiger partial charge in [0.1, 0.15) is 5.75 Å². The van der Waals surface area contributed by atoms with Crippen LogP contribution in [0, 0.1) is 18.8 Å². The lowest BCUT2D eigenvalue weighted by atomic mass is 10.0. The standard InChI is InChI=1S/C14H20N2O3S/c1-10-5-13(3-4-14(10)19-2)20(17,18)16-8-11-6-15-7-12(11)9-16/h3-5,11-12,15H,6-9H2,1-2H3/t11-,12+. The highest BCUT2D eigenvalue weighted by molar-refractivity contribution is 7.89. The Labute approximate surface area is 120 Å². The van der Waals surface area contributed by atoms with Crippen LogP contribution in [-0.2, 0) is 10.0 Å². The molecular formula is C14H20N2O3S. The number of ether oxygens (including phenoxy) is 1. The van der Waals surface area contributed by atoms with Crippen LogP contribution in [0.4, 0.5) is 0 Å². The van der Waals surface area contributed by atoms with Crippen molar-refractivity contribution in [3.63, 3.8) is 0 Å². The van der Waals surface area contributed by atoms with Crippen LogP contribution in [-0.4, -0.2) is 46.0 Å². The molecule has 1 aromatic rings. The van der Waals surface area contributed by atoms with E-state index < -0.39 is 10.0 Å². The van der Waals surface area contributed by atoms with E-state index in [1.165, 1.54) is 0 Å². The molecule has 2 aliphatic heterocycles. The normalized spacial score (nSPS) is 26.7. The number of fused-ring (bicyclic) bond motifs is 1. The van der Waals surface area contributed by atoms with Crippen molar-refractivity contribution in [3.8, 4) is 5.75 Å². The molecule has 6 heteroatoms. The first-order valence-corrected chi connectivity index (χ1v) is 8.32. The molecular weight excluding hydrogens is 276 g/mol. The van der Waals surface area contributed by atoms with Gasteiger partial charge >= 0.3 is 0 Å². The monoisotopic (exact) mass is 296 g/mol. The molecule has 0 spiro atoms. The minimum Gasteiger partial charge on any atom is -0.496 e. The Morgan fingerprint density at radius 3 is 2.45 bits per heavy atom. The largest absolute Gasteiger partial charge is 0.496 e. The number of hydrogen-bond acceptors (Lipinski definition) is 4. The first-order chi connectivity index (χ1) is 9.52. The lowest BCUT2D eigenvalue weighted by Gasteiger charge is -2.18. The number of aryl methyl sites for hydroxylation is 1. The predicted molar refractivity (Wildman–Crippen MR) is 76.3 cm³/mol. The number of benzene rings is 1. The number of sulfonamides is 1. The molecule has 3 rings (SSSR count). The van der Waals surface area contributed by atoms with Gasteiger partial charge in [-0.2, -0.15) is 4.31 Å². The Morgan fingerprint density at radius 1 is 1.25 bits per heavy atom. The van der Waals surface area contributed by atoms with Crippen LogP contribution in [0.2, 0.25) is 0 Å². The van der Waals surface area contributed by atoms with Gasteiger partial charge in [-0.15, -0.1) is 0 Å². The van der Waals surface area contributed by atoms with E-state index in [-0.39, 0.29) is 0 Å². The zero-order chi connectivity index (χ0) is 14.3. The van der Waals surface area contributed by atoms with Gasteiger partial charge in [-0.1, -0.05) is 0 Å². The third-order valence-electron chi connectivity index (χ3n) is 4.36. The maximum Gasteiger partial charge on any atom is 0.243 e. The van der Waals surface area contributed by atoms with Crippen LogP contribution in [0.25, 0.3) is 0 Å². The third-order valence-corrected chi connectivity index (χ3v) is 6.19. The van der Waals surface area contributed by atoms with Gasteiger partial charge in [-0.25, -0.2) is 8.42 Å². The topological polar surface area (TPSA) is 58.6 Å². The number of rotatable bonds is 3. The van der Waals surface area contributed by atoms with E-state index in [4.69, 9.17) is 4.74 Å². The summed E-state index contributed by atoms with van der Waals surface area (Å²) in [6, 6.07) is 5.05. The van der Waals surface area contributed by atoms with Crippen molar-refractivity contribution < 1.29 is 13.2 Å². The molecule has 2 fully saturated rings. The molecule has 1 N–H and O–H groups in total. The average molecular weight is 296 g/mol. The summed E-state index contributed by atoms with van der Waals surface area (Å²) in [5, 5.41) is 3.32. The first-order valence-electron chi connectivity index (χ1n) is 6.88. The minimum absolute atomic E-state index is 0.365. The van der Waals surface area contributed by atoms with Gasteiger partial charge in [0.15, 0.2) is 0 Å². The second-order valence-corrected chi connectivity index (χ2v) is 7.57. The molecule has 2 atom stereocenters. The summed E-state index contributed by atoms with van der Waals surface area (Å²) in [6.45, 7) is 4.98. The van der Waals surface area contributed by atoms with E-state index in [0.29, 0.717) is 35.6 Å². The summed E-state index contributed by atoms with van der Waals surface area (Å²) in [5.74, 6) is 1.64. The molecule has 5 nitrogen and oxygen atoms in total. The number of nitrogens with one attached hydrogen (secondary N) is 1. The van der Waals surface area contributed by atoms with Crippen molar-refractivity contribution in [2.75, 3.05) is 33.3 Å². The second-order valence-electron chi connectivity index (χ2n) is 5.63. The Kier molecular flexibility index (Phi) is 3.48. The van der Waals surface area contributed by atoms with Crippen molar-refractivity contribution in [2.24, 2.45) is 11.8 Å². The summed E-state index contributed by atoms with van der Waals surface area (Å²) >= 11 is 0. The fraction of sp³-hybridized carbons (Fsp3) is 0.571. The summed E-state index contributed by atoms with van der Waals surface area (Å²) in [6.07, 6.45) is 0. The summed E-state index contributed by atoms with van der Waals surface area (Å²) in [7, 11) is -1.79. The fourth-order valence-electron chi connectivity index (χ4n) is 3.17.